The number of imidazole rings is 1. The Morgan fingerprint density at radius 1 is 0.857 bits per heavy atom. The fourth-order valence-corrected chi connectivity index (χ4v) is 7.23. The number of nitrogens with zero attached hydrogens (tertiary/aromatic N) is 4. The normalized spacial score (nSPS) is 15.7. The van der Waals surface area contributed by atoms with E-state index in [2.05, 4.69) is 98.8 Å². The Labute approximate surface area is 288 Å². The second kappa shape index (κ2) is 12.4. The Morgan fingerprint density at radius 3 is 2.10 bits per heavy atom. The number of amides is 1. The summed E-state index contributed by atoms with van der Waals surface area (Å²) in [7, 11) is 0. The van der Waals surface area contributed by atoms with Gasteiger partial charge >= 0.3 is 0 Å². The number of fused-ring (bicyclic) bond motifs is 1. The lowest BCUT2D eigenvalue weighted by Gasteiger charge is -2.37. The maximum atomic E-state index is 15.3. The molecule has 1 aliphatic carbocycles. The van der Waals surface area contributed by atoms with Crippen molar-refractivity contribution >= 4 is 34.1 Å². The number of nitrogens with one attached hydrogen (secondary N) is 1. The quantitative estimate of drug-likeness (QED) is 0.165. The maximum absolute atomic E-state index is 15.3. The van der Waals surface area contributed by atoms with Crippen LogP contribution in [0.2, 0.25) is 5.02 Å². The van der Waals surface area contributed by atoms with Crippen LogP contribution in [0.4, 0.5) is 10.2 Å². The van der Waals surface area contributed by atoms with Gasteiger partial charge in [-0.05, 0) is 59.2 Å². The summed E-state index contributed by atoms with van der Waals surface area (Å²) in [4.78, 5) is 27.0. The van der Waals surface area contributed by atoms with Crippen molar-refractivity contribution in [3.05, 3.63) is 179 Å². The van der Waals surface area contributed by atoms with E-state index in [-0.39, 0.29) is 22.8 Å². The summed E-state index contributed by atoms with van der Waals surface area (Å²) in [6, 6.07) is 36.6. The first-order valence-electron chi connectivity index (χ1n) is 16.2. The predicted molar refractivity (Wildman–Crippen MR) is 191 cm³/mol. The first-order chi connectivity index (χ1) is 23.9. The smallest absolute Gasteiger partial charge is 0.229 e. The minimum Gasteiger partial charge on any atom is -0.319 e. The van der Waals surface area contributed by atoms with Gasteiger partial charge in [0.15, 0.2) is 0 Å². The molecule has 6 nitrogen and oxygen atoms in total. The van der Waals surface area contributed by atoms with Crippen LogP contribution >= 0.6 is 11.6 Å². The van der Waals surface area contributed by atoms with Crippen molar-refractivity contribution in [2.45, 2.75) is 24.8 Å². The summed E-state index contributed by atoms with van der Waals surface area (Å²) in [5.74, 6) is -0.582. The zero-order valence-electron chi connectivity index (χ0n) is 26.6. The molecule has 1 amide bonds. The van der Waals surface area contributed by atoms with E-state index in [0.29, 0.717) is 34.1 Å². The van der Waals surface area contributed by atoms with Crippen LogP contribution in [-0.4, -0.2) is 25.4 Å². The van der Waals surface area contributed by atoms with E-state index < -0.39 is 11.4 Å². The van der Waals surface area contributed by atoms with Crippen molar-refractivity contribution in [2.24, 2.45) is 5.92 Å². The number of aromatic nitrogens is 4. The van der Waals surface area contributed by atoms with Crippen molar-refractivity contribution in [1.29, 1.82) is 0 Å². The van der Waals surface area contributed by atoms with Crippen molar-refractivity contribution < 1.29 is 9.18 Å². The zero-order valence-corrected chi connectivity index (χ0v) is 27.3. The summed E-state index contributed by atoms with van der Waals surface area (Å²) < 4.78 is 17.5. The van der Waals surface area contributed by atoms with Gasteiger partial charge in [0.25, 0.3) is 0 Å². The Balaban J connectivity index is 1.09. The third-order valence-electron chi connectivity index (χ3n) is 9.55. The van der Waals surface area contributed by atoms with E-state index in [9.17, 15) is 4.79 Å². The second-order valence-electron chi connectivity index (χ2n) is 12.5. The fraction of sp³-hybridized carbons (Fsp3) is 0.122. The van der Waals surface area contributed by atoms with Gasteiger partial charge in [-0.3, -0.25) is 9.78 Å². The minimum atomic E-state index is -0.676. The number of carbonyl (C=O) groups excluding carboxylic acids is 1. The molecule has 1 N–H and O–H groups in total. The molecule has 0 aliphatic heterocycles. The molecule has 0 bridgehead atoms. The highest BCUT2D eigenvalue weighted by atomic mass is 35.5. The molecule has 7 aromatic rings. The Morgan fingerprint density at radius 2 is 1.49 bits per heavy atom. The molecule has 1 fully saturated rings. The van der Waals surface area contributed by atoms with Crippen LogP contribution in [0.5, 0.6) is 0 Å². The molecule has 4 aromatic carbocycles. The van der Waals surface area contributed by atoms with E-state index >= 15 is 4.39 Å². The van der Waals surface area contributed by atoms with Crippen LogP contribution in [0.25, 0.3) is 21.9 Å². The van der Waals surface area contributed by atoms with Gasteiger partial charge in [0.1, 0.15) is 17.2 Å². The van der Waals surface area contributed by atoms with Gasteiger partial charge in [-0.25, -0.2) is 14.4 Å². The second-order valence-corrected chi connectivity index (χ2v) is 12.9. The van der Waals surface area contributed by atoms with Gasteiger partial charge in [0.2, 0.25) is 5.91 Å². The van der Waals surface area contributed by atoms with Crippen LogP contribution in [0.3, 0.4) is 0 Å². The van der Waals surface area contributed by atoms with E-state index in [1.54, 1.807) is 24.5 Å². The van der Waals surface area contributed by atoms with Gasteiger partial charge in [0, 0.05) is 53.1 Å². The highest BCUT2D eigenvalue weighted by Gasteiger charge is 2.47. The summed E-state index contributed by atoms with van der Waals surface area (Å²) >= 11 is 6.46. The largest absolute Gasteiger partial charge is 0.319 e. The zero-order chi connectivity index (χ0) is 33.5. The molecule has 0 radical (unpaired) electrons. The third kappa shape index (κ3) is 5.36. The van der Waals surface area contributed by atoms with Gasteiger partial charge in [-0.15, -0.1) is 0 Å². The lowest BCUT2D eigenvalue weighted by atomic mass is 9.77. The molecule has 1 saturated carbocycles. The highest BCUT2D eigenvalue weighted by Crippen LogP contribution is 2.49. The highest BCUT2D eigenvalue weighted by molar-refractivity contribution is 6.36. The third-order valence-corrected chi connectivity index (χ3v) is 9.92. The fourth-order valence-electron chi connectivity index (χ4n) is 6.97. The van der Waals surface area contributed by atoms with Crippen molar-refractivity contribution in [3.63, 3.8) is 0 Å². The van der Waals surface area contributed by atoms with Gasteiger partial charge in [0.05, 0.1) is 17.0 Å². The molecule has 3 heterocycles. The van der Waals surface area contributed by atoms with Gasteiger partial charge < -0.3 is 9.88 Å². The number of aryl methyl sites for hydroxylation is 1. The number of benzene rings is 4. The standard InChI is InChI=1S/C41H31ClFN5O/c1-26-17-18-44-22-34(26)32-19-27-20-37(45-23-35(27)38(42)39(32)43)47-40(49)33-21-31(33)36-24-48(25-46-36)41(28-11-5-2-6-12-28,29-13-7-3-8-14-29)30-15-9-4-10-16-30/h2-20,22-25,31,33H,21H2,1H3,(H,45,47,49)/t31-,33-/m0/s1. The molecule has 8 rings (SSSR count). The number of rotatable bonds is 8. The van der Waals surface area contributed by atoms with Gasteiger partial charge in [-0.1, -0.05) is 103 Å². The predicted octanol–water partition coefficient (Wildman–Crippen LogP) is 9.18. The molecular weight excluding hydrogens is 633 g/mol. The molecule has 49 heavy (non-hydrogen) atoms. The van der Waals surface area contributed by atoms with Crippen molar-refractivity contribution in [2.75, 3.05) is 5.32 Å². The number of hydrogen-bond donors (Lipinski definition) is 1. The van der Waals surface area contributed by atoms with E-state index in [0.717, 1.165) is 27.9 Å². The average molecular weight is 664 g/mol. The van der Waals surface area contributed by atoms with E-state index in [1.165, 1.54) is 6.20 Å². The Hall–Kier alpha value is -5.66. The van der Waals surface area contributed by atoms with Gasteiger partial charge in [-0.2, -0.15) is 0 Å². The molecule has 0 saturated heterocycles. The van der Waals surface area contributed by atoms with Crippen molar-refractivity contribution in [3.8, 4) is 11.1 Å². The van der Waals surface area contributed by atoms with Crippen LogP contribution in [-0.2, 0) is 10.3 Å². The van der Waals surface area contributed by atoms with Crippen molar-refractivity contribution in [1.82, 2.24) is 19.5 Å². The number of anilines is 1. The van der Waals surface area contributed by atoms with Crippen LogP contribution in [0, 0.1) is 18.7 Å². The lowest BCUT2D eigenvalue weighted by molar-refractivity contribution is -0.117. The summed E-state index contributed by atoms with van der Waals surface area (Å²) in [6.45, 7) is 1.90. The monoisotopic (exact) mass is 663 g/mol. The maximum Gasteiger partial charge on any atom is 0.229 e. The Bertz CT molecular complexity index is 2210. The molecule has 8 heteroatoms. The average Bonchev–Trinajstić information content (AvgIpc) is 3.80. The summed E-state index contributed by atoms with van der Waals surface area (Å²) in [6.07, 6.45) is 9.42. The topological polar surface area (TPSA) is 72.7 Å². The SMILES string of the molecule is Cc1ccncc1-c1cc2cc(NC(=O)[C@H]3C[C@@H]3c3cn(C(c4ccccc4)(c4ccccc4)c4ccccc4)cn3)ncc2c(Cl)c1F. The molecule has 1 aliphatic rings. The minimum absolute atomic E-state index is 0.0171. The lowest BCUT2D eigenvalue weighted by Crippen LogP contribution is -2.36. The summed E-state index contributed by atoms with van der Waals surface area (Å²) in [5, 5.41) is 4.10. The van der Waals surface area contributed by atoms with E-state index in [4.69, 9.17) is 16.6 Å². The first kappa shape index (κ1) is 30.7. The first-order valence-corrected chi connectivity index (χ1v) is 16.5. The summed E-state index contributed by atoms with van der Waals surface area (Å²) in [5.41, 5.74) is 5.37. The van der Waals surface area contributed by atoms with Crippen LogP contribution in [0.15, 0.2) is 140 Å². The molecule has 0 spiro atoms. The Kier molecular flexibility index (Phi) is 7.77. The molecule has 3 aromatic heterocycles. The molecule has 240 valence electrons. The van der Waals surface area contributed by atoms with Crippen LogP contribution < -0.4 is 5.32 Å². The van der Waals surface area contributed by atoms with Crippen LogP contribution in [0.1, 0.15) is 40.3 Å². The number of pyridine rings is 2. The molecule has 0 unspecified atom stereocenters. The number of carbonyl (C=O) groups is 1. The molecule has 2 atom stereocenters. The molecular formula is C41H31ClFN5O. The number of hydrogen-bond acceptors (Lipinski definition) is 4. The number of halogens is 2. The van der Waals surface area contributed by atoms with E-state index in [1.807, 2.05) is 37.5 Å².